The van der Waals surface area contributed by atoms with E-state index in [1.165, 1.54) is 31.0 Å². The number of halogens is 1. The lowest BCUT2D eigenvalue weighted by atomic mass is 9.95. The van der Waals surface area contributed by atoms with E-state index in [1.807, 2.05) is 31.2 Å². The molecule has 1 fully saturated rings. The number of rotatable bonds is 9. The molecule has 0 spiro atoms. The second-order valence-corrected chi connectivity index (χ2v) is 9.56. The Hall–Kier alpha value is -2.51. The Morgan fingerprint density at radius 1 is 1.12 bits per heavy atom. The minimum atomic E-state index is -0.302. The molecule has 1 aliphatic rings. The first-order valence-corrected chi connectivity index (χ1v) is 12.0. The van der Waals surface area contributed by atoms with Crippen molar-refractivity contribution in [1.29, 1.82) is 0 Å². The van der Waals surface area contributed by atoms with Crippen LogP contribution in [0.25, 0.3) is 0 Å². The number of hydrogen-bond donors (Lipinski definition) is 2. The van der Waals surface area contributed by atoms with Gasteiger partial charge in [0.1, 0.15) is 5.75 Å². The molecule has 3 rings (SSSR count). The lowest BCUT2D eigenvalue weighted by Gasteiger charge is -2.22. The molecule has 0 saturated heterocycles. The van der Waals surface area contributed by atoms with Crippen LogP contribution in [0.5, 0.6) is 5.75 Å². The standard InChI is InChI=1S/C24H28ClN3O3S/c1-17(32-22-13-9-19(25)10-14-22)24(30)28-26-15-18-7-11-21(12-8-18)31-16-23(29)27-20-5-3-2-4-6-20/h7-15,17,20H,2-6,16H2,1H3,(H,27,29)(H,28,30)/b26-15-/t17-/m1/s1. The van der Waals surface area contributed by atoms with Crippen molar-refractivity contribution in [3.8, 4) is 5.75 Å². The molecule has 1 aliphatic carbocycles. The highest BCUT2D eigenvalue weighted by molar-refractivity contribution is 8.00. The average Bonchev–Trinajstić information content (AvgIpc) is 2.80. The lowest BCUT2D eigenvalue weighted by molar-refractivity contribution is -0.124. The highest BCUT2D eigenvalue weighted by Gasteiger charge is 2.16. The van der Waals surface area contributed by atoms with Gasteiger partial charge in [0.2, 0.25) is 0 Å². The van der Waals surface area contributed by atoms with Crippen LogP contribution in [-0.4, -0.2) is 35.9 Å². The molecule has 1 saturated carbocycles. The zero-order chi connectivity index (χ0) is 22.8. The molecule has 0 unspecified atom stereocenters. The molecule has 0 aromatic heterocycles. The van der Waals surface area contributed by atoms with Crippen molar-refractivity contribution in [2.45, 2.75) is 55.2 Å². The topological polar surface area (TPSA) is 79.8 Å². The molecule has 8 heteroatoms. The summed E-state index contributed by atoms with van der Waals surface area (Å²) in [7, 11) is 0. The normalized spacial score (nSPS) is 15.3. The molecule has 1 atom stereocenters. The molecule has 170 valence electrons. The fourth-order valence-corrected chi connectivity index (χ4v) is 4.33. The minimum Gasteiger partial charge on any atom is -0.484 e. The Kier molecular flexibility index (Phi) is 9.43. The second-order valence-electron chi connectivity index (χ2n) is 7.71. The minimum absolute atomic E-state index is 0.00314. The number of amides is 2. The van der Waals surface area contributed by atoms with Gasteiger partial charge in [-0.3, -0.25) is 9.59 Å². The maximum atomic E-state index is 12.2. The van der Waals surface area contributed by atoms with Gasteiger partial charge in [-0.05, 0) is 73.9 Å². The molecule has 0 aliphatic heterocycles. The largest absolute Gasteiger partial charge is 0.484 e. The van der Waals surface area contributed by atoms with Gasteiger partial charge in [0, 0.05) is 16.0 Å². The summed E-state index contributed by atoms with van der Waals surface area (Å²) in [6.07, 6.45) is 7.27. The Bertz CT molecular complexity index is 913. The van der Waals surface area contributed by atoms with Gasteiger partial charge in [0.05, 0.1) is 11.5 Å². The predicted molar refractivity (Wildman–Crippen MR) is 129 cm³/mol. The quantitative estimate of drug-likeness (QED) is 0.311. The molecule has 32 heavy (non-hydrogen) atoms. The molecule has 2 N–H and O–H groups in total. The van der Waals surface area contributed by atoms with Crippen LogP contribution in [-0.2, 0) is 9.59 Å². The Morgan fingerprint density at radius 2 is 1.81 bits per heavy atom. The van der Waals surface area contributed by atoms with Crippen LogP contribution in [0.4, 0.5) is 0 Å². The Morgan fingerprint density at radius 3 is 2.50 bits per heavy atom. The van der Waals surface area contributed by atoms with Gasteiger partial charge >= 0.3 is 0 Å². The lowest BCUT2D eigenvalue weighted by Crippen LogP contribution is -2.38. The van der Waals surface area contributed by atoms with Crippen LogP contribution >= 0.6 is 23.4 Å². The Balaban J connectivity index is 1.38. The first-order valence-electron chi connectivity index (χ1n) is 10.8. The van der Waals surface area contributed by atoms with Crippen molar-refractivity contribution >= 4 is 41.4 Å². The van der Waals surface area contributed by atoms with Crippen LogP contribution in [0, 0.1) is 0 Å². The number of carbonyl (C=O) groups is 2. The number of ether oxygens (including phenoxy) is 1. The summed E-state index contributed by atoms with van der Waals surface area (Å²) in [6, 6.07) is 14.8. The van der Waals surface area contributed by atoms with E-state index in [9.17, 15) is 9.59 Å². The van der Waals surface area contributed by atoms with E-state index in [0.717, 1.165) is 23.3 Å². The predicted octanol–water partition coefficient (Wildman–Crippen LogP) is 4.80. The summed E-state index contributed by atoms with van der Waals surface area (Å²) in [4.78, 5) is 25.2. The van der Waals surface area contributed by atoms with Crippen molar-refractivity contribution in [2.24, 2.45) is 5.10 Å². The van der Waals surface area contributed by atoms with Crippen molar-refractivity contribution in [3.05, 3.63) is 59.1 Å². The van der Waals surface area contributed by atoms with E-state index in [2.05, 4.69) is 15.8 Å². The van der Waals surface area contributed by atoms with Gasteiger partial charge in [-0.15, -0.1) is 11.8 Å². The summed E-state index contributed by atoms with van der Waals surface area (Å²) in [5, 5.41) is 7.42. The third-order valence-electron chi connectivity index (χ3n) is 5.10. The molecular formula is C24H28ClN3O3S. The first-order chi connectivity index (χ1) is 15.5. The molecule has 2 amide bonds. The molecule has 2 aromatic rings. The first kappa shape index (κ1) is 24.1. The van der Waals surface area contributed by atoms with Gasteiger partial charge in [-0.1, -0.05) is 30.9 Å². The summed E-state index contributed by atoms with van der Waals surface area (Å²) >= 11 is 7.31. The van der Waals surface area contributed by atoms with Crippen molar-refractivity contribution < 1.29 is 14.3 Å². The molecule has 2 aromatic carbocycles. The van der Waals surface area contributed by atoms with E-state index in [1.54, 1.807) is 30.5 Å². The van der Waals surface area contributed by atoms with Gasteiger partial charge in [-0.2, -0.15) is 5.10 Å². The highest BCUT2D eigenvalue weighted by atomic mass is 35.5. The zero-order valence-corrected chi connectivity index (χ0v) is 19.6. The molecular weight excluding hydrogens is 446 g/mol. The third-order valence-corrected chi connectivity index (χ3v) is 6.47. The van der Waals surface area contributed by atoms with Crippen molar-refractivity contribution in [2.75, 3.05) is 6.61 Å². The third kappa shape index (κ3) is 8.20. The number of hydrazone groups is 1. The van der Waals surface area contributed by atoms with Crippen molar-refractivity contribution in [1.82, 2.24) is 10.7 Å². The number of nitrogens with zero attached hydrogens (tertiary/aromatic N) is 1. The molecule has 0 heterocycles. The van der Waals surface area contributed by atoms with Gasteiger partial charge < -0.3 is 10.1 Å². The fourth-order valence-electron chi connectivity index (χ4n) is 3.35. The Labute approximate surface area is 198 Å². The average molecular weight is 474 g/mol. The number of hydrogen-bond acceptors (Lipinski definition) is 5. The van der Waals surface area contributed by atoms with Gasteiger partial charge in [0.25, 0.3) is 11.8 Å². The molecule has 0 bridgehead atoms. The summed E-state index contributed by atoms with van der Waals surface area (Å²) in [5.41, 5.74) is 3.36. The summed E-state index contributed by atoms with van der Waals surface area (Å²) < 4.78 is 5.57. The smallest absolute Gasteiger partial charge is 0.258 e. The zero-order valence-electron chi connectivity index (χ0n) is 18.1. The van der Waals surface area contributed by atoms with Crippen LogP contribution in [0.1, 0.15) is 44.6 Å². The fraction of sp³-hybridized carbons (Fsp3) is 0.375. The van der Waals surface area contributed by atoms with E-state index in [4.69, 9.17) is 16.3 Å². The van der Waals surface area contributed by atoms with Crippen LogP contribution < -0.4 is 15.5 Å². The number of carbonyl (C=O) groups excluding carboxylic acids is 2. The number of thioether (sulfide) groups is 1. The van der Waals surface area contributed by atoms with Crippen LogP contribution in [0.15, 0.2) is 58.5 Å². The summed E-state index contributed by atoms with van der Waals surface area (Å²) in [6.45, 7) is 1.82. The summed E-state index contributed by atoms with van der Waals surface area (Å²) in [5.74, 6) is 0.332. The van der Waals surface area contributed by atoms with E-state index < -0.39 is 0 Å². The number of benzene rings is 2. The van der Waals surface area contributed by atoms with E-state index >= 15 is 0 Å². The van der Waals surface area contributed by atoms with E-state index in [0.29, 0.717) is 10.8 Å². The van der Waals surface area contributed by atoms with Crippen LogP contribution in [0.2, 0.25) is 5.02 Å². The highest BCUT2D eigenvalue weighted by Crippen LogP contribution is 2.24. The number of nitrogens with one attached hydrogen (secondary N) is 2. The van der Waals surface area contributed by atoms with Gasteiger partial charge in [-0.25, -0.2) is 5.43 Å². The second kappa shape index (κ2) is 12.5. The monoisotopic (exact) mass is 473 g/mol. The SMILES string of the molecule is C[C@@H](Sc1ccc(Cl)cc1)C(=O)N/N=C\c1ccc(OCC(=O)NC2CCCCC2)cc1. The van der Waals surface area contributed by atoms with E-state index in [-0.39, 0.29) is 29.7 Å². The van der Waals surface area contributed by atoms with Crippen molar-refractivity contribution in [3.63, 3.8) is 0 Å². The van der Waals surface area contributed by atoms with Gasteiger partial charge in [0.15, 0.2) is 6.61 Å². The maximum absolute atomic E-state index is 12.2. The molecule has 0 radical (unpaired) electrons. The van der Waals surface area contributed by atoms with Crippen LogP contribution in [0.3, 0.4) is 0 Å². The molecule has 6 nitrogen and oxygen atoms in total. The maximum Gasteiger partial charge on any atom is 0.258 e.